The van der Waals surface area contributed by atoms with Gasteiger partial charge in [-0.3, -0.25) is 19.7 Å². The van der Waals surface area contributed by atoms with Gasteiger partial charge in [0.2, 0.25) is 0 Å². The lowest BCUT2D eigenvalue weighted by Gasteiger charge is -2.10. The Bertz CT molecular complexity index is 762. The fraction of sp³-hybridized carbons (Fsp3) is 0.733. The Morgan fingerprint density at radius 1 is 0.778 bits per heavy atom. The predicted octanol–water partition coefficient (Wildman–Crippen LogP) is 9.42. The zero-order valence-corrected chi connectivity index (χ0v) is 22.9. The molecule has 0 unspecified atom stereocenters. The second kappa shape index (κ2) is 20.9. The SMILES string of the molecule is CCCCCCCCCCCCCCCCCCCCCC(=O)c1cc([N+](=O)[O-])cc(C=O)c1OC. The molecule has 204 valence electrons. The number of carbonyl (C=O) groups is 2. The Morgan fingerprint density at radius 2 is 1.19 bits per heavy atom. The maximum Gasteiger partial charge on any atom is 0.271 e. The van der Waals surface area contributed by atoms with Crippen molar-refractivity contribution < 1.29 is 19.2 Å². The van der Waals surface area contributed by atoms with Crippen molar-refractivity contribution in [3.8, 4) is 5.75 Å². The molecule has 0 aromatic heterocycles. The van der Waals surface area contributed by atoms with Gasteiger partial charge >= 0.3 is 0 Å². The molecule has 0 fully saturated rings. The first-order valence-electron chi connectivity index (χ1n) is 14.4. The van der Waals surface area contributed by atoms with Crippen LogP contribution in [0.1, 0.15) is 156 Å². The second-order valence-electron chi connectivity index (χ2n) is 10.0. The molecule has 0 aliphatic rings. The molecular weight excluding hydrogens is 454 g/mol. The molecule has 1 aromatic carbocycles. The van der Waals surface area contributed by atoms with Crippen molar-refractivity contribution in [2.45, 2.75) is 135 Å². The van der Waals surface area contributed by atoms with Crippen LogP contribution in [0.15, 0.2) is 12.1 Å². The quantitative estimate of drug-likeness (QED) is 0.0461. The van der Waals surface area contributed by atoms with E-state index in [-0.39, 0.29) is 28.3 Å². The molecule has 0 saturated carbocycles. The fourth-order valence-electron chi connectivity index (χ4n) is 4.76. The molecular formula is C30H49NO5. The van der Waals surface area contributed by atoms with Gasteiger partial charge in [-0.15, -0.1) is 0 Å². The van der Waals surface area contributed by atoms with E-state index in [1.807, 2.05) is 0 Å². The molecule has 0 spiro atoms. The summed E-state index contributed by atoms with van der Waals surface area (Å²) >= 11 is 0. The molecule has 0 aliphatic carbocycles. The Morgan fingerprint density at radius 3 is 1.56 bits per heavy atom. The zero-order chi connectivity index (χ0) is 26.4. The third kappa shape index (κ3) is 13.7. The van der Waals surface area contributed by atoms with Crippen molar-refractivity contribution in [1.82, 2.24) is 0 Å². The number of ketones is 1. The molecule has 6 heteroatoms. The van der Waals surface area contributed by atoms with Crippen LogP contribution in [0.3, 0.4) is 0 Å². The third-order valence-corrected chi connectivity index (χ3v) is 6.95. The number of nitro groups is 1. The number of benzene rings is 1. The summed E-state index contributed by atoms with van der Waals surface area (Å²) in [6.45, 7) is 2.27. The predicted molar refractivity (Wildman–Crippen MR) is 147 cm³/mol. The van der Waals surface area contributed by atoms with Gasteiger partial charge in [-0.25, -0.2) is 0 Å². The van der Waals surface area contributed by atoms with E-state index >= 15 is 0 Å². The number of ether oxygens (including phenoxy) is 1. The Labute approximate surface area is 218 Å². The number of methoxy groups -OCH3 is 1. The van der Waals surface area contributed by atoms with Crippen molar-refractivity contribution in [1.29, 1.82) is 0 Å². The summed E-state index contributed by atoms with van der Waals surface area (Å²) in [5.74, 6) is -0.0935. The zero-order valence-electron chi connectivity index (χ0n) is 22.9. The molecule has 0 radical (unpaired) electrons. The van der Waals surface area contributed by atoms with Crippen LogP contribution in [0.5, 0.6) is 5.75 Å². The molecule has 0 aliphatic heterocycles. The first kappa shape index (κ1) is 31.8. The minimum Gasteiger partial charge on any atom is -0.495 e. The van der Waals surface area contributed by atoms with Crippen LogP contribution in [0.2, 0.25) is 0 Å². The smallest absolute Gasteiger partial charge is 0.271 e. The Balaban J connectivity index is 2.04. The number of rotatable bonds is 24. The van der Waals surface area contributed by atoms with Crippen molar-refractivity contribution in [2.75, 3.05) is 7.11 Å². The van der Waals surface area contributed by atoms with Crippen LogP contribution in [-0.2, 0) is 0 Å². The summed E-state index contributed by atoms with van der Waals surface area (Å²) < 4.78 is 5.19. The van der Waals surface area contributed by atoms with E-state index in [4.69, 9.17) is 4.74 Å². The number of carbonyl (C=O) groups excluding carboxylic acids is 2. The largest absolute Gasteiger partial charge is 0.495 e. The van der Waals surface area contributed by atoms with Gasteiger partial charge in [-0.1, -0.05) is 122 Å². The Kier molecular flexibility index (Phi) is 18.5. The van der Waals surface area contributed by atoms with Crippen LogP contribution in [0.4, 0.5) is 5.69 Å². The van der Waals surface area contributed by atoms with Crippen molar-refractivity contribution in [3.63, 3.8) is 0 Å². The van der Waals surface area contributed by atoms with Crippen LogP contribution in [0.25, 0.3) is 0 Å². The van der Waals surface area contributed by atoms with E-state index in [1.54, 1.807) is 0 Å². The lowest BCUT2D eigenvalue weighted by molar-refractivity contribution is -0.384. The Hall–Kier alpha value is -2.24. The number of Topliss-reactive ketones (excluding diaryl/α,β-unsaturated/α-hetero) is 1. The van der Waals surface area contributed by atoms with Crippen LogP contribution in [-0.4, -0.2) is 24.1 Å². The average Bonchev–Trinajstić information content (AvgIpc) is 2.88. The average molecular weight is 504 g/mol. The molecule has 0 atom stereocenters. The number of hydrogen-bond donors (Lipinski definition) is 0. The molecule has 1 aromatic rings. The molecule has 0 bridgehead atoms. The molecule has 1 rings (SSSR count). The van der Waals surface area contributed by atoms with E-state index in [1.165, 1.54) is 116 Å². The summed E-state index contributed by atoms with van der Waals surface area (Å²) in [6.07, 6.45) is 25.3. The number of aldehydes is 1. The highest BCUT2D eigenvalue weighted by Gasteiger charge is 2.21. The minimum atomic E-state index is -0.597. The lowest BCUT2D eigenvalue weighted by atomic mass is 9.99. The standard InChI is InChI=1S/C30H49NO5/c1-3-4-5-6-7-8-9-10-11-12-13-14-15-16-17-18-19-20-21-22-29(33)28-24-27(31(34)35)23-26(25-32)30(28)36-2/h23-25H,3-22H2,1-2H3. The molecule has 36 heavy (non-hydrogen) atoms. The number of nitro benzene ring substituents is 1. The van der Waals surface area contributed by atoms with Crippen LogP contribution >= 0.6 is 0 Å². The number of unbranched alkanes of at least 4 members (excludes halogenated alkanes) is 18. The molecule has 0 N–H and O–H groups in total. The van der Waals surface area contributed by atoms with E-state index in [0.29, 0.717) is 12.7 Å². The summed E-state index contributed by atoms with van der Waals surface area (Å²) in [7, 11) is 1.36. The highest BCUT2D eigenvalue weighted by atomic mass is 16.6. The van der Waals surface area contributed by atoms with Crippen molar-refractivity contribution >= 4 is 17.8 Å². The molecule has 0 saturated heterocycles. The molecule has 6 nitrogen and oxygen atoms in total. The van der Waals surface area contributed by atoms with Gasteiger partial charge in [-0.2, -0.15) is 0 Å². The number of nitrogens with zero attached hydrogens (tertiary/aromatic N) is 1. The maximum atomic E-state index is 12.6. The summed E-state index contributed by atoms with van der Waals surface area (Å²) in [4.78, 5) is 34.4. The van der Waals surface area contributed by atoms with Gasteiger partial charge in [0, 0.05) is 18.6 Å². The summed E-state index contributed by atoms with van der Waals surface area (Å²) in [5.41, 5.74) is -0.117. The molecule has 0 heterocycles. The number of non-ortho nitro benzene ring substituents is 1. The van der Waals surface area contributed by atoms with E-state index in [9.17, 15) is 19.7 Å². The van der Waals surface area contributed by atoms with Crippen molar-refractivity contribution in [3.05, 3.63) is 33.4 Å². The van der Waals surface area contributed by atoms with Gasteiger partial charge in [-0.05, 0) is 6.42 Å². The second-order valence-corrected chi connectivity index (χ2v) is 10.0. The summed E-state index contributed by atoms with van der Waals surface area (Å²) in [6, 6.07) is 2.35. The number of hydrogen-bond acceptors (Lipinski definition) is 5. The fourth-order valence-corrected chi connectivity index (χ4v) is 4.76. The van der Waals surface area contributed by atoms with Gasteiger partial charge in [0.1, 0.15) is 5.75 Å². The monoisotopic (exact) mass is 503 g/mol. The highest BCUT2D eigenvalue weighted by molar-refractivity contribution is 6.02. The van der Waals surface area contributed by atoms with E-state index in [2.05, 4.69) is 6.92 Å². The van der Waals surface area contributed by atoms with Gasteiger partial charge in [0.25, 0.3) is 5.69 Å². The van der Waals surface area contributed by atoms with Crippen LogP contribution < -0.4 is 4.74 Å². The van der Waals surface area contributed by atoms with Gasteiger partial charge in [0.05, 0.1) is 23.2 Å². The first-order valence-corrected chi connectivity index (χ1v) is 14.4. The van der Waals surface area contributed by atoms with Gasteiger partial charge in [0.15, 0.2) is 12.1 Å². The lowest BCUT2D eigenvalue weighted by Crippen LogP contribution is -2.06. The van der Waals surface area contributed by atoms with E-state index < -0.39 is 4.92 Å². The third-order valence-electron chi connectivity index (χ3n) is 6.95. The first-order chi connectivity index (χ1) is 17.5. The van der Waals surface area contributed by atoms with Crippen LogP contribution in [0, 0.1) is 10.1 Å². The van der Waals surface area contributed by atoms with Gasteiger partial charge < -0.3 is 4.74 Å². The molecule has 0 amide bonds. The minimum absolute atomic E-state index is 0.0308. The summed E-state index contributed by atoms with van der Waals surface area (Å²) in [5, 5.41) is 11.1. The highest BCUT2D eigenvalue weighted by Crippen LogP contribution is 2.30. The van der Waals surface area contributed by atoms with E-state index in [0.717, 1.165) is 25.3 Å². The normalized spacial score (nSPS) is 10.9. The topological polar surface area (TPSA) is 86.5 Å². The van der Waals surface area contributed by atoms with Crippen molar-refractivity contribution in [2.24, 2.45) is 0 Å². The maximum absolute atomic E-state index is 12.6.